The minimum Gasteiger partial charge on any atom is -0.259 e. The topological polar surface area (TPSA) is 47.0 Å². The molecule has 1 heterocycles. The van der Waals surface area contributed by atoms with E-state index in [0.717, 1.165) is 5.56 Å². The minimum atomic E-state index is -3.13. The van der Waals surface area contributed by atoms with Gasteiger partial charge in [-0.3, -0.25) is 4.98 Å². The molecule has 4 heteroatoms. The van der Waals surface area contributed by atoms with Crippen LogP contribution in [0.4, 0.5) is 0 Å². The van der Waals surface area contributed by atoms with Crippen LogP contribution in [0, 0.1) is 6.92 Å². The van der Waals surface area contributed by atoms with Crippen LogP contribution >= 0.6 is 0 Å². The highest BCUT2D eigenvalue weighted by Gasteiger charge is 2.33. The fraction of sp³-hybridized carbons (Fsp3) is 0.500. The van der Waals surface area contributed by atoms with Crippen molar-refractivity contribution in [1.29, 1.82) is 0 Å². The Morgan fingerprint density at radius 1 is 1.29 bits per heavy atom. The van der Waals surface area contributed by atoms with E-state index >= 15 is 0 Å². The molecule has 0 bridgehead atoms. The first kappa shape index (κ1) is 11.2. The van der Waals surface area contributed by atoms with Gasteiger partial charge in [0.1, 0.15) is 4.75 Å². The van der Waals surface area contributed by atoms with Crippen LogP contribution in [0.1, 0.15) is 25.1 Å². The Morgan fingerprint density at radius 2 is 1.86 bits per heavy atom. The van der Waals surface area contributed by atoms with Crippen LogP contribution < -0.4 is 0 Å². The Kier molecular flexibility index (Phi) is 2.67. The molecule has 0 aliphatic heterocycles. The summed E-state index contributed by atoms with van der Waals surface area (Å²) in [4.78, 5) is 4.14. The largest absolute Gasteiger partial charge is 0.259 e. The van der Waals surface area contributed by atoms with Crippen LogP contribution in [0.3, 0.4) is 0 Å². The molecule has 1 rings (SSSR count). The summed E-state index contributed by atoms with van der Waals surface area (Å²) in [6, 6.07) is 3.63. The first-order chi connectivity index (χ1) is 6.25. The second-order valence-corrected chi connectivity index (χ2v) is 6.57. The van der Waals surface area contributed by atoms with Crippen molar-refractivity contribution in [2.24, 2.45) is 0 Å². The van der Waals surface area contributed by atoms with E-state index in [4.69, 9.17) is 0 Å². The molecule has 0 N–H and O–H groups in total. The maximum Gasteiger partial charge on any atom is 0.158 e. The lowest BCUT2D eigenvalue weighted by atomic mass is 10.1. The zero-order valence-electron chi connectivity index (χ0n) is 8.90. The third-order valence-electron chi connectivity index (χ3n) is 2.46. The monoisotopic (exact) mass is 213 g/mol. The number of pyridine rings is 1. The van der Waals surface area contributed by atoms with Gasteiger partial charge in [0, 0.05) is 12.5 Å². The van der Waals surface area contributed by atoms with Crippen molar-refractivity contribution in [3.8, 4) is 0 Å². The molecule has 78 valence electrons. The lowest BCUT2D eigenvalue weighted by Crippen LogP contribution is -2.29. The molecule has 0 amide bonds. The number of rotatable bonds is 2. The number of hydrogen-bond donors (Lipinski definition) is 0. The third-order valence-corrected chi connectivity index (χ3v) is 4.52. The fourth-order valence-corrected chi connectivity index (χ4v) is 1.51. The Labute approximate surface area is 85.1 Å². The molecule has 1 aromatic heterocycles. The summed E-state index contributed by atoms with van der Waals surface area (Å²) in [5.41, 5.74) is 1.61. The van der Waals surface area contributed by atoms with Crippen molar-refractivity contribution in [3.05, 3.63) is 29.6 Å². The van der Waals surface area contributed by atoms with Crippen molar-refractivity contribution in [2.45, 2.75) is 25.5 Å². The highest BCUT2D eigenvalue weighted by molar-refractivity contribution is 7.91. The molecule has 0 aliphatic rings. The highest BCUT2D eigenvalue weighted by Crippen LogP contribution is 2.26. The summed E-state index contributed by atoms with van der Waals surface area (Å²) >= 11 is 0. The van der Waals surface area contributed by atoms with E-state index in [1.54, 1.807) is 26.1 Å². The van der Waals surface area contributed by atoms with Crippen LogP contribution in [0.2, 0.25) is 0 Å². The average molecular weight is 213 g/mol. The Hall–Kier alpha value is -0.900. The van der Waals surface area contributed by atoms with Gasteiger partial charge in [0.25, 0.3) is 0 Å². The smallest absolute Gasteiger partial charge is 0.158 e. The van der Waals surface area contributed by atoms with Gasteiger partial charge in [0.2, 0.25) is 0 Å². The summed E-state index contributed by atoms with van der Waals surface area (Å²) in [5, 5.41) is 0. The molecule has 1 aromatic rings. The molecule has 0 atom stereocenters. The van der Waals surface area contributed by atoms with Crippen molar-refractivity contribution in [1.82, 2.24) is 4.98 Å². The summed E-state index contributed by atoms with van der Waals surface area (Å²) in [6.45, 7) is 5.25. The maximum absolute atomic E-state index is 11.5. The van der Waals surface area contributed by atoms with Crippen molar-refractivity contribution in [2.75, 3.05) is 6.26 Å². The van der Waals surface area contributed by atoms with Gasteiger partial charge in [-0.1, -0.05) is 6.07 Å². The molecule has 3 nitrogen and oxygen atoms in total. The number of hydrogen-bond acceptors (Lipinski definition) is 3. The van der Waals surface area contributed by atoms with Crippen LogP contribution in [-0.2, 0) is 14.6 Å². The standard InChI is InChI=1S/C10H15NO2S/c1-8-5-6-9(11-7-8)10(2,3)14(4,12)13/h5-7H,1-4H3. The van der Waals surface area contributed by atoms with Gasteiger partial charge in [-0.25, -0.2) is 8.42 Å². The van der Waals surface area contributed by atoms with E-state index in [9.17, 15) is 8.42 Å². The van der Waals surface area contributed by atoms with Gasteiger partial charge in [-0.05, 0) is 32.4 Å². The van der Waals surface area contributed by atoms with Crippen molar-refractivity contribution >= 4 is 9.84 Å². The highest BCUT2D eigenvalue weighted by atomic mass is 32.2. The maximum atomic E-state index is 11.5. The van der Waals surface area contributed by atoms with Gasteiger partial charge < -0.3 is 0 Å². The van der Waals surface area contributed by atoms with Gasteiger partial charge in [-0.15, -0.1) is 0 Å². The lowest BCUT2D eigenvalue weighted by molar-refractivity contribution is 0.556. The predicted octanol–water partition coefficient (Wildman–Crippen LogP) is 1.67. The molecule has 0 unspecified atom stereocenters. The third kappa shape index (κ3) is 1.95. The molecule has 0 saturated heterocycles. The summed E-state index contributed by atoms with van der Waals surface area (Å²) in [7, 11) is -3.13. The summed E-state index contributed by atoms with van der Waals surface area (Å²) in [6.07, 6.45) is 2.91. The van der Waals surface area contributed by atoms with E-state index in [0.29, 0.717) is 5.69 Å². The van der Waals surface area contributed by atoms with E-state index in [1.165, 1.54) is 6.26 Å². The zero-order chi connectivity index (χ0) is 11.0. The van der Waals surface area contributed by atoms with Crippen molar-refractivity contribution in [3.63, 3.8) is 0 Å². The van der Waals surface area contributed by atoms with E-state index in [1.807, 2.05) is 13.0 Å². The fourth-order valence-electron chi connectivity index (χ4n) is 1.01. The molecular formula is C10H15NO2S. The van der Waals surface area contributed by atoms with Gasteiger partial charge in [-0.2, -0.15) is 0 Å². The van der Waals surface area contributed by atoms with E-state index < -0.39 is 14.6 Å². The van der Waals surface area contributed by atoms with Gasteiger partial charge >= 0.3 is 0 Å². The molecule has 0 aromatic carbocycles. The quantitative estimate of drug-likeness (QED) is 0.750. The van der Waals surface area contributed by atoms with Crippen LogP contribution in [-0.4, -0.2) is 19.7 Å². The van der Waals surface area contributed by atoms with Crippen molar-refractivity contribution < 1.29 is 8.42 Å². The van der Waals surface area contributed by atoms with Gasteiger partial charge in [0.05, 0.1) is 5.69 Å². The SMILES string of the molecule is Cc1ccc(C(C)(C)S(C)(=O)=O)nc1. The van der Waals surface area contributed by atoms with Crippen LogP contribution in [0.15, 0.2) is 18.3 Å². The number of sulfone groups is 1. The molecule has 14 heavy (non-hydrogen) atoms. The Balaban J connectivity index is 3.24. The van der Waals surface area contributed by atoms with Gasteiger partial charge in [0.15, 0.2) is 9.84 Å². The normalized spacial score (nSPS) is 12.9. The molecule has 0 radical (unpaired) electrons. The lowest BCUT2D eigenvalue weighted by Gasteiger charge is -2.21. The zero-order valence-corrected chi connectivity index (χ0v) is 9.72. The number of aromatic nitrogens is 1. The van der Waals surface area contributed by atoms with E-state index in [-0.39, 0.29) is 0 Å². The Bertz CT molecular complexity index is 418. The number of aryl methyl sites for hydroxylation is 1. The first-order valence-electron chi connectivity index (χ1n) is 4.38. The van der Waals surface area contributed by atoms with E-state index in [2.05, 4.69) is 4.98 Å². The van der Waals surface area contributed by atoms with Crippen LogP contribution in [0.25, 0.3) is 0 Å². The summed E-state index contributed by atoms with van der Waals surface area (Å²) < 4.78 is 22.1. The second kappa shape index (κ2) is 3.35. The average Bonchev–Trinajstić information content (AvgIpc) is 2.03. The van der Waals surface area contributed by atoms with Crippen LogP contribution in [0.5, 0.6) is 0 Å². The molecule has 0 spiro atoms. The minimum absolute atomic E-state index is 0.589. The number of nitrogens with zero attached hydrogens (tertiary/aromatic N) is 1. The molecular weight excluding hydrogens is 198 g/mol. The molecule has 0 fully saturated rings. The summed E-state index contributed by atoms with van der Waals surface area (Å²) in [5.74, 6) is 0. The second-order valence-electron chi connectivity index (χ2n) is 4.00. The molecule has 0 saturated carbocycles. The first-order valence-corrected chi connectivity index (χ1v) is 6.27. The predicted molar refractivity (Wildman–Crippen MR) is 56.8 cm³/mol. The molecule has 0 aliphatic carbocycles. The Morgan fingerprint density at radius 3 is 2.21 bits per heavy atom.